The molecule has 0 aromatic heterocycles. The summed E-state index contributed by atoms with van der Waals surface area (Å²) in [6, 6.07) is 21.5. The monoisotopic (exact) mass is 440 g/mol. The number of rotatable bonds is 7. The van der Waals surface area contributed by atoms with Crippen molar-refractivity contribution in [2.45, 2.75) is 32.3 Å². The van der Waals surface area contributed by atoms with E-state index in [0.717, 1.165) is 21.2 Å². The number of halogens is 1. The van der Waals surface area contributed by atoms with Crippen molar-refractivity contribution < 1.29 is 14.6 Å². The van der Waals surface area contributed by atoms with Crippen molar-refractivity contribution in [2.24, 2.45) is 4.99 Å². The number of benzene rings is 3. The van der Waals surface area contributed by atoms with E-state index in [0.29, 0.717) is 19.6 Å². The van der Waals surface area contributed by atoms with Crippen LogP contribution in [0.3, 0.4) is 0 Å². The van der Waals surface area contributed by atoms with Crippen molar-refractivity contribution in [3.8, 4) is 5.75 Å². The van der Waals surface area contributed by atoms with Gasteiger partial charge in [0.15, 0.2) is 5.17 Å². The van der Waals surface area contributed by atoms with Gasteiger partial charge in [-0.3, -0.25) is 4.99 Å². The predicted octanol–water partition coefficient (Wildman–Crippen LogP) is 5.62. The minimum atomic E-state index is -0.272. The molecule has 2 N–H and O–H groups in total. The summed E-state index contributed by atoms with van der Waals surface area (Å²) < 4.78 is 13.2. The highest BCUT2D eigenvalue weighted by atomic mass is 32.2. The Balaban J connectivity index is 0.00000341. The number of aryl methyl sites for hydroxylation is 1. The molecule has 164 valence electrons. The van der Waals surface area contributed by atoms with E-state index < -0.39 is 0 Å². The average molecular weight is 441 g/mol. The van der Waals surface area contributed by atoms with E-state index in [9.17, 15) is 14.6 Å². The molecule has 6 heteroatoms. The summed E-state index contributed by atoms with van der Waals surface area (Å²) in [6.07, 6.45) is 0. The Bertz CT molecular complexity index is 958. The van der Waals surface area contributed by atoms with Crippen molar-refractivity contribution in [3.05, 3.63) is 95.3 Å². The molecule has 0 unspecified atom stereocenters. The Morgan fingerprint density at radius 2 is 1.55 bits per heavy atom. The number of phenolic OH excluding ortho intramolecular Hbond substituents is 1. The third kappa shape index (κ3) is 7.74. The molecule has 0 aliphatic carbocycles. The van der Waals surface area contributed by atoms with Crippen LogP contribution in [0.1, 0.15) is 24.1 Å². The second kappa shape index (κ2) is 12.1. The summed E-state index contributed by atoms with van der Waals surface area (Å²) in [4.78, 5) is 7.86. The van der Waals surface area contributed by atoms with Gasteiger partial charge in [0.25, 0.3) is 0 Å². The quantitative estimate of drug-likeness (QED) is 0.284. The summed E-state index contributed by atoms with van der Waals surface area (Å²) in [6.45, 7) is 3.40. The molecule has 0 bridgehead atoms. The van der Waals surface area contributed by atoms with Crippen molar-refractivity contribution in [1.29, 1.82) is 0 Å². The van der Waals surface area contributed by atoms with Gasteiger partial charge in [0, 0.05) is 18.0 Å². The number of aliphatic hydroxyl groups is 1. The van der Waals surface area contributed by atoms with Gasteiger partial charge in [-0.1, -0.05) is 61.2 Å². The van der Waals surface area contributed by atoms with E-state index in [4.69, 9.17) is 4.99 Å². The van der Waals surface area contributed by atoms with Crippen molar-refractivity contribution >= 4 is 16.9 Å². The summed E-state index contributed by atoms with van der Waals surface area (Å²) in [5.74, 6) is -0.0575. The zero-order valence-electron chi connectivity index (χ0n) is 16.8. The van der Waals surface area contributed by atoms with Gasteiger partial charge in [-0.05, 0) is 54.4 Å². The fraction of sp³-hybridized carbons (Fsp3) is 0.240. The van der Waals surface area contributed by atoms with Crippen LogP contribution >= 0.6 is 11.8 Å². The maximum Gasteiger partial charge on any atom is 0.164 e. The summed E-state index contributed by atoms with van der Waals surface area (Å²) in [7, 11) is 0. The predicted molar refractivity (Wildman–Crippen MR) is 127 cm³/mol. The van der Waals surface area contributed by atoms with Gasteiger partial charge in [0.2, 0.25) is 0 Å². The number of aliphatic hydroxyl groups excluding tert-OH is 1. The molecule has 0 fully saturated rings. The lowest BCUT2D eigenvalue weighted by molar-refractivity contribution is 0.248. The molecule has 3 aromatic rings. The van der Waals surface area contributed by atoms with Gasteiger partial charge in [-0.25, -0.2) is 4.39 Å². The van der Waals surface area contributed by atoms with Gasteiger partial charge in [-0.2, -0.15) is 0 Å². The molecule has 3 rings (SSSR count). The van der Waals surface area contributed by atoms with Crippen LogP contribution < -0.4 is 0 Å². The maximum atomic E-state index is 13.2. The Hall–Kier alpha value is -2.83. The standard InChI is InChI=1S/C24H25FN2O2S.CH4/c1-18-2-12-23(13-3-18)30-24(26-16-19-4-8-21(25)9-5-19)27(14-15-28)17-20-6-10-22(29)11-7-20;/h2-13,28-29H,14-17H2,1H3;1H4. The van der Waals surface area contributed by atoms with Crippen LogP contribution in [0.2, 0.25) is 0 Å². The molecule has 0 aliphatic heterocycles. The highest BCUT2D eigenvalue weighted by Gasteiger charge is 2.14. The Morgan fingerprint density at radius 1 is 0.935 bits per heavy atom. The van der Waals surface area contributed by atoms with Gasteiger partial charge < -0.3 is 15.1 Å². The van der Waals surface area contributed by atoms with Crippen LogP contribution in [0, 0.1) is 12.7 Å². The first-order valence-corrected chi connectivity index (χ1v) is 10.5. The van der Waals surface area contributed by atoms with E-state index in [1.54, 1.807) is 24.3 Å². The lowest BCUT2D eigenvalue weighted by Gasteiger charge is -2.25. The van der Waals surface area contributed by atoms with Gasteiger partial charge >= 0.3 is 0 Å². The van der Waals surface area contributed by atoms with Crippen LogP contribution in [0.25, 0.3) is 0 Å². The fourth-order valence-corrected chi connectivity index (χ4v) is 3.74. The van der Waals surface area contributed by atoms with Crippen LogP contribution in [0.15, 0.2) is 82.7 Å². The van der Waals surface area contributed by atoms with E-state index >= 15 is 0 Å². The second-order valence-electron chi connectivity index (χ2n) is 6.95. The normalized spacial score (nSPS) is 11.1. The molecule has 4 nitrogen and oxygen atoms in total. The molecule has 0 aliphatic rings. The topological polar surface area (TPSA) is 56.1 Å². The highest BCUT2D eigenvalue weighted by Crippen LogP contribution is 2.24. The Morgan fingerprint density at radius 3 is 2.16 bits per heavy atom. The minimum Gasteiger partial charge on any atom is -0.508 e. The Labute approximate surface area is 188 Å². The first-order valence-electron chi connectivity index (χ1n) is 9.70. The number of aliphatic imine (C=N–C) groups is 1. The smallest absolute Gasteiger partial charge is 0.164 e. The molecule has 0 saturated carbocycles. The van der Waals surface area contributed by atoms with E-state index in [1.807, 2.05) is 36.1 Å². The van der Waals surface area contributed by atoms with Crippen LogP contribution in [0.4, 0.5) is 4.39 Å². The van der Waals surface area contributed by atoms with Crippen LogP contribution in [0.5, 0.6) is 5.75 Å². The first kappa shape index (κ1) is 24.4. The molecule has 0 amide bonds. The molecule has 0 atom stereocenters. The lowest BCUT2D eigenvalue weighted by Crippen LogP contribution is -2.31. The van der Waals surface area contributed by atoms with E-state index in [-0.39, 0.29) is 25.6 Å². The third-order valence-electron chi connectivity index (χ3n) is 4.49. The SMILES string of the molecule is C.Cc1ccc(SC(=NCc2ccc(F)cc2)N(CCO)Cc2ccc(O)cc2)cc1. The lowest BCUT2D eigenvalue weighted by atomic mass is 10.2. The molecular weight excluding hydrogens is 411 g/mol. The number of hydrogen-bond acceptors (Lipinski definition) is 4. The molecule has 0 heterocycles. The Kier molecular flexibility index (Phi) is 9.56. The fourth-order valence-electron chi connectivity index (χ4n) is 2.84. The molecule has 0 spiro atoms. The number of nitrogens with zero attached hydrogens (tertiary/aromatic N) is 2. The highest BCUT2D eigenvalue weighted by molar-refractivity contribution is 8.13. The van der Waals surface area contributed by atoms with Crippen LogP contribution in [-0.4, -0.2) is 33.4 Å². The average Bonchev–Trinajstić information content (AvgIpc) is 2.75. The molecular formula is C25H29FN2O2S. The summed E-state index contributed by atoms with van der Waals surface area (Å²) >= 11 is 1.53. The van der Waals surface area contributed by atoms with Gasteiger partial charge in [0.05, 0.1) is 13.2 Å². The number of aromatic hydroxyl groups is 1. The van der Waals surface area contributed by atoms with Crippen LogP contribution in [-0.2, 0) is 13.1 Å². The third-order valence-corrected chi connectivity index (χ3v) is 5.57. The molecule has 31 heavy (non-hydrogen) atoms. The second-order valence-corrected chi connectivity index (χ2v) is 7.99. The molecule has 0 saturated heterocycles. The first-order chi connectivity index (χ1) is 14.5. The van der Waals surface area contributed by atoms with Crippen molar-refractivity contribution in [1.82, 2.24) is 4.90 Å². The van der Waals surface area contributed by atoms with E-state index in [1.165, 1.54) is 29.5 Å². The van der Waals surface area contributed by atoms with Gasteiger partial charge in [0.1, 0.15) is 11.6 Å². The van der Waals surface area contributed by atoms with E-state index in [2.05, 4.69) is 12.1 Å². The number of phenols is 1. The number of hydrogen-bond donors (Lipinski definition) is 2. The van der Waals surface area contributed by atoms with Gasteiger partial charge in [-0.15, -0.1) is 0 Å². The minimum absolute atomic E-state index is 0. The zero-order chi connectivity index (χ0) is 21.3. The maximum absolute atomic E-state index is 13.2. The zero-order valence-corrected chi connectivity index (χ0v) is 17.6. The summed E-state index contributed by atoms with van der Waals surface area (Å²) in [5.41, 5.74) is 3.09. The molecule has 3 aromatic carbocycles. The number of thioether (sulfide) groups is 1. The molecule has 0 radical (unpaired) electrons. The van der Waals surface area contributed by atoms with Crippen molar-refractivity contribution in [2.75, 3.05) is 13.2 Å². The van der Waals surface area contributed by atoms with Crippen molar-refractivity contribution in [3.63, 3.8) is 0 Å². The number of amidine groups is 1. The summed E-state index contributed by atoms with van der Waals surface area (Å²) in [5, 5.41) is 19.9. The largest absolute Gasteiger partial charge is 0.508 e.